The van der Waals surface area contributed by atoms with E-state index in [2.05, 4.69) is 0 Å². The molecule has 0 bridgehead atoms. The van der Waals surface area contributed by atoms with Crippen LogP contribution in [0.4, 0.5) is 0 Å². The number of sulfonamides is 1. The predicted molar refractivity (Wildman–Crippen MR) is 65.4 cm³/mol. The molecule has 0 amide bonds. The quantitative estimate of drug-likeness (QED) is 0.709. The van der Waals surface area contributed by atoms with Gasteiger partial charge in [-0.05, 0) is 12.8 Å². The summed E-state index contributed by atoms with van der Waals surface area (Å²) in [5.74, 6) is -2.65. The van der Waals surface area contributed by atoms with Crippen LogP contribution in [0, 0.1) is 5.92 Å². The monoisotopic (exact) mass is 299 g/mol. The Labute approximate surface area is 107 Å². The molecule has 7 nitrogen and oxygen atoms in total. The summed E-state index contributed by atoms with van der Waals surface area (Å²) in [5.41, 5.74) is 0. The minimum absolute atomic E-state index is 0.0680. The third-order valence-electron chi connectivity index (χ3n) is 2.84. The molecule has 0 aromatic rings. The molecule has 0 saturated carbocycles. The summed E-state index contributed by atoms with van der Waals surface area (Å²) in [6.45, 7) is 0.192. The fourth-order valence-corrected chi connectivity index (χ4v) is 4.91. The maximum Gasteiger partial charge on any atom is 0.307 e. The second-order valence-electron chi connectivity index (χ2n) is 4.48. The Balaban J connectivity index is 2.70. The van der Waals surface area contributed by atoms with Crippen molar-refractivity contribution in [3.05, 3.63) is 0 Å². The summed E-state index contributed by atoms with van der Waals surface area (Å²) >= 11 is 0. The number of hydrogen-bond acceptors (Lipinski definition) is 5. The maximum absolute atomic E-state index is 11.9. The highest BCUT2D eigenvalue weighted by Crippen LogP contribution is 2.19. The van der Waals surface area contributed by atoms with E-state index in [0.29, 0.717) is 12.8 Å². The molecule has 1 heterocycles. The van der Waals surface area contributed by atoms with Crippen molar-refractivity contribution in [3.8, 4) is 0 Å². The van der Waals surface area contributed by atoms with Crippen LogP contribution < -0.4 is 0 Å². The molecule has 1 atom stereocenters. The fourth-order valence-electron chi connectivity index (χ4n) is 1.78. The molecule has 0 aromatic heterocycles. The molecule has 0 spiro atoms. The van der Waals surface area contributed by atoms with Crippen LogP contribution in [0.25, 0.3) is 0 Å². The second-order valence-corrected chi connectivity index (χ2v) is 8.83. The van der Waals surface area contributed by atoms with Gasteiger partial charge in [0, 0.05) is 19.3 Å². The first-order chi connectivity index (χ1) is 8.12. The number of sulfone groups is 1. The summed E-state index contributed by atoms with van der Waals surface area (Å²) in [6.07, 6.45) is 1.90. The van der Waals surface area contributed by atoms with Crippen LogP contribution in [-0.4, -0.2) is 63.1 Å². The number of aliphatic carboxylic acids is 1. The standard InChI is InChI=1S/C9H17NO6S2/c1-17(13,14)5-6-18(15,16)10-4-2-3-8(7-10)9(11)12/h8H,2-7H2,1H3,(H,11,12)/t8-/m0/s1. The van der Waals surface area contributed by atoms with Gasteiger partial charge in [-0.15, -0.1) is 0 Å². The Hall–Kier alpha value is -0.670. The molecule has 0 aliphatic carbocycles. The van der Waals surface area contributed by atoms with E-state index in [1.807, 2.05) is 0 Å². The lowest BCUT2D eigenvalue weighted by molar-refractivity contribution is -0.142. The molecule has 18 heavy (non-hydrogen) atoms. The lowest BCUT2D eigenvalue weighted by Gasteiger charge is -2.29. The van der Waals surface area contributed by atoms with E-state index in [1.54, 1.807) is 0 Å². The number of hydrogen-bond donors (Lipinski definition) is 1. The highest BCUT2D eigenvalue weighted by atomic mass is 32.2. The molecule has 0 aromatic carbocycles. The van der Waals surface area contributed by atoms with Crippen LogP contribution in [0.1, 0.15) is 12.8 Å². The zero-order valence-corrected chi connectivity index (χ0v) is 11.7. The molecular formula is C9H17NO6S2. The van der Waals surface area contributed by atoms with Gasteiger partial charge in [0.25, 0.3) is 0 Å². The summed E-state index contributed by atoms with van der Waals surface area (Å²) in [7, 11) is -7.04. The van der Waals surface area contributed by atoms with Gasteiger partial charge in [0.1, 0.15) is 9.84 Å². The summed E-state index contributed by atoms with van der Waals surface area (Å²) in [5, 5.41) is 8.86. The van der Waals surface area contributed by atoms with Crippen molar-refractivity contribution in [1.82, 2.24) is 4.31 Å². The van der Waals surface area contributed by atoms with E-state index in [-0.39, 0.29) is 13.1 Å². The van der Waals surface area contributed by atoms with Gasteiger partial charge in [-0.1, -0.05) is 0 Å². The van der Waals surface area contributed by atoms with Crippen molar-refractivity contribution in [1.29, 1.82) is 0 Å². The van der Waals surface area contributed by atoms with Crippen LogP contribution >= 0.6 is 0 Å². The smallest absolute Gasteiger partial charge is 0.307 e. The average molecular weight is 299 g/mol. The zero-order valence-electron chi connectivity index (χ0n) is 10.1. The van der Waals surface area contributed by atoms with Crippen LogP contribution in [0.15, 0.2) is 0 Å². The minimum Gasteiger partial charge on any atom is -0.481 e. The van der Waals surface area contributed by atoms with E-state index >= 15 is 0 Å². The van der Waals surface area contributed by atoms with Gasteiger partial charge in [-0.25, -0.2) is 21.1 Å². The Bertz CT molecular complexity index is 509. The molecule has 1 N–H and O–H groups in total. The Morgan fingerprint density at radius 3 is 2.39 bits per heavy atom. The first-order valence-corrected chi connectivity index (χ1v) is 9.17. The largest absolute Gasteiger partial charge is 0.481 e. The molecule has 1 saturated heterocycles. The highest BCUT2D eigenvalue weighted by Gasteiger charge is 2.32. The van der Waals surface area contributed by atoms with Crippen LogP contribution in [0.2, 0.25) is 0 Å². The molecule has 0 unspecified atom stereocenters. The van der Waals surface area contributed by atoms with Crippen molar-refractivity contribution in [3.63, 3.8) is 0 Å². The summed E-state index contributed by atoms with van der Waals surface area (Å²) in [4.78, 5) is 10.8. The van der Waals surface area contributed by atoms with Crippen molar-refractivity contribution < 1.29 is 26.7 Å². The van der Waals surface area contributed by atoms with Crippen molar-refractivity contribution in [2.24, 2.45) is 5.92 Å². The number of carboxylic acid groups (broad SMARTS) is 1. The normalized spacial score (nSPS) is 22.8. The minimum atomic E-state index is -3.69. The van der Waals surface area contributed by atoms with Crippen molar-refractivity contribution >= 4 is 25.8 Å². The number of carbonyl (C=O) groups is 1. The first kappa shape index (κ1) is 15.4. The molecule has 1 aliphatic heterocycles. The van der Waals surface area contributed by atoms with Crippen LogP contribution in [0.3, 0.4) is 0 Å². The third kappa shape index (κ3) is 4.54. The number of rotatable bonds is 5. The van der Waals surface area contributed by atoms with Gasteiger partial charge in [0.15, 0.2) is 0 Å². The van der Waals surface area contributed by atoms with E-state index in [0.717, 1.165) is 10.6 Å². The zero-order chi connectivity index (χ0) is 14.0. The summed E-state index contributed by atoms with van der Waals surface area (Å²) in [6, 6.07) is 0. The second kappa shape index (κ2) is 5.54. The topological polar surface area (TPSA) is 109 Å². The van der Waals surface area contributed by atoms with Gasteiger partial charge >= 0.3 is 5.97 Å². The van der Waals surface area contributed by atoms with Crippen molar-refractivity contribution in [2.45, 2.75) is 12.8 Å². The van der Waals surface area contributed by atoms with Crippen molar-refractivity contribution in [2.75, 3.05) is 30.9 Å². The SMILES string of the molecule is CS(=O)(=O)CCS(=O)(=O)N1CCC[C@H](C(=O)O)C1. The van der Waals surface area contributed by atoms with E-state index in [1.165, 1.54) is 0 Å². The van der Waals surface area contributed by atoms with Gasteiger partial charge in [0.05, 0.1) is 17.4 Å². The Morgan fingerprint density at radius 1 is 1.28 bits per heavy atom. The third-order valence-corrected chi connectivity index (χ3v) is 5.88. The predicted octanol–water partition coefficient (Wildman–Crippen LogP) is -0.843. The Morgan fingerprint density at radius 2 is 1.89 bits per heavy atom. The van der Waals surface area contributed by atoms with Crippen LogP contribution in [0.5, 0.6) is 0 Å². The highest BCUT2D eigenvalue weighted by molar-refractivity contribution is 7.93. The van der Waals surface area contributed by atoms with Gasteiger partial charge < -0.3 is 5.11 Å². The lowest BCUT2D eigenvalue weighted by Crippen LogP contribution is -2.44. The van der Waals surface area contributed by atoms with Gasteiger partial charge in [-0.3, -0.25) is 4.79 Å². The van der Waals surface area contributed by atoms with Crippen LogP contribution in [-0.2, 0) is 24.7 Å². The number of carboxylic acids is 1. The maximum atomic E-state index is 11.9. The lowest BCUT2D eigenvalue weighted by atomic mass is 10.0. The molecule has 1 fully saturated rings. The molecular weight excluding hydrogens is 282 g/mol. The fraction of sp³-hybridized carbons (Fsp3) is 0.889. The molecule has 1 aliphatic rings. The average Bonchev–Trinajstić information content (AvgIpc) is 2.26. The number of nitrogens with zero attached hydrogens (tertiary/aromatic N) is 1. The van der Waals surface area contributed by atoms with E-state index in [9.17, 15) is 21.6 Å². The number of piperidine rings is 1. The molecule has 9 heteroatoms. The van der Waals surface area contributed by atoms with Gasteiger partial charge in [0.2, 0.25) is 10.0 Å². The van der Waals surface area contributed by atoms with E-state index in [4.69, 9.17) is 5.11 Å². The van der Waals surface area contributed by atoms with E-state index < -0.39 is 43.3 Å². The summed E-state index contributed by atoms with van der Waals surface area (Å²) < 4.78 is 46.7. The first-order valence-electron chi connectivity index (χ1n) is 5.50. The Kier molecular flexibility index (Phi) is 4.73. The molecule has 106 valence electrons. The molecule has 1 rings (SSSR count). The van der Waals surface area contributed by atoms with Gasteiger partial charge in [-0.2, -0.15) is 0 Å². The molecule has 0 radical (unpaired) electrons.